The Morgan fingerprint density at radius 3 is 1.50 bits per heavy atom. The van der Waals surface area contributed by atoms with Crippen molar-refractivity contribution in [3.8, 4) is 0 Å². The van der Waals surface area contributed by atoms with E-state index in [4.69, 9.17) is 13.0 Å². The molecule has 0 aliphatic rings. The molecule has 2 radical (unpaired) electrons. The van der Waals surface area contributed by atoms with Gasteiger partial charge in [-0.05, 0) is 0 Å². The summed E-state index contributed by atoms with van der Waals surface area (Å²) in [6, 6.07) is 0. The maximum Gasteiger partial charge on any atom is 0.353 e. The Morgan fingerprint density at radius 2 is 1.50 bits per heavy atom. The Morgan fingerprint density at radius 1 is 1.50 bits per heavy atom. The van der Waals surface area contributed by atoms with Crippen LogP contribution in [-0.2, 0) is 9.33 Å². The van der Waals surface area contributed by atoms with Gasteiger partial charge in [-0.15, -0.1) is 0 Å². The third kappa shape index (κ3) is 83.7. The lowest BCUT2D eigenvalue weighted by Crippen LogP contribution is -1.77. The molecular weight excluding hydrogens is 140 g/mol. The first-order chi connectivity index (χ1) is 2.00. The van der Waals surface area contributed by atoms with Crippen molar-refractivity contribution in [1.82, 2.24) is 0 Å². The van der Waals surface area contributed by atoms with Crippen molar-refractivity contribution in [2.45, 2.75) is 0 Å². The Kier molecular flexibility index (Phi) is 5.08. The van der Waals surface area contributed by atoms with Gasteiger partial charge in [-0.1, -0.05) is 0 Å². The molecule has 1 N–H and O–H groups in total. The molecular formula is HClMgO3S. The van der Waals surface area contributed by atoms with Gasteiger partial charge in [0.05, 0.1) is 0 Å². The molecule has 0 rings (SSSR count). The molecule has 0 aromatic heterocycles. The standard InChI is InChI=1S/ClHO3S.Mg/c1-5(2,3)4;/h(H,2,3,4);. The summed E-state index contributed by atoms with van der Waals surface area (Å²) in [6.07, 6.45) is 0. The quantitative estimate of drug-likeness (QED) is 0.284. The van der Waals surface area contributed by atoms with Crippen LogP contribution in [0.25, 0.3) is 0 Å². The van der Waals surface area contributed by atoms with E-state index in [1.54, 1.807) is 0 Å². The molecule has 0 spiro atoms. The average Bonchev–Trinajstić information content (AvgIpc) is 0.722. The number of hydrogen-bond donors (Lipinski definition) is 1. The fourth-order valence-corrected chi connectivity index (χ4v) is 0. The molecule has 6 heavy (non-hydrogen) atoms. The highest BCUT2D eigenvalue weighted by molar-refractivity contribution is 8.09. The Balaban J connectivity index is 0. The lowest BCUT2D eigenvalue weighted by Gasteiger charge is -1.65. The molecule has 0 aromatic carbocycles. The van der Waals surface area contributed by atoms with Crippen LogP contribution < -0.4 is 0 Å². The summed E-state index contributed by atoms with van der Waals surface area (Å²) in [5.74, 6) is 0. The molecule has 3 nitrogen and oxygen atoms in total. The number of rotatable bonds is 0. The molecule has 0 heterocycles. The SMILES string of the molecule is O=S(=O)(O)Cl.[Mg]. The molecule has 0 aliphatic heterocycles. The first kappa shape index (κ1) is 10.1. The van der Waals surface area contributed by atoms with Crippen LogP contribution in [0.2, 0.25) is 0 Å². The van der Waals surface area contributed by atoms with E-state index in [0.717, 1.165) is 0 Å². The molecule has 0 unspecified atom stereocenters. The fraction of sp³-hybridized carbons (Fsp3) is 0. The number of hydrogen-bond acceptors (Lipinski definition) is 2. The van der Waals surface area contributed by atoms with Crippen molar-refractivity contribution in [2.24, 2.45) is 0 Å². The highest BCUT2D eigenvalue weighted by atomic mass is 35.7. The lowest BCUT2D eigenvalue weighted by atomic mass is 15.9. The largest absolute Gasteiger partial charge is 0.353 e. The molecule has 0 amide bonds. The molecule has 0 atom stereocenters. The summed E-state index contributed by atoms with van der Waals surface area (Å²) >= 11 is 0. The first-order valence-corrected chi connectivity index (χ1v) is 2.94. The summed E-state index contributed by atoms with van der Waals surface area (Å²) in [6.45, 7) is 0. The second kappa shape index (κ2) is 3.03. The van der Waals surface area contributed by atoms with Gasteiger partial charge in [0.1, 0.15) is 0 Å². The minimum absolute atomic E-state index is 0. The molecule has 0 aromatic rings. The fourth-order valence-electron chi connectivity index (χ4n) is 0. The van der Waals surface area contributed by atoms with Gasteiger partial charge in [0, 0.05) is 33.7 Å². The van der Waals surface area contributed by atoms with Gasteiger partial charge in [-0.2, -0.15) is 8.42 Å². The average molecular weight is 141 g/mol. The van der Waals surface area contributed by atoms with Crippen molar-refractivity contribution in [2.75, 3.05) is 0 Å². The molecule has 0 saturated carbocycles. The highest BCUT2D eigenvalue weighted by Gasteiger charge is 1.86. The van der Waals surface area contributed by atoms with Gasteiger partial charge in [-0.3, -0.25) is 4.55 Å². The Hall–Kier alpha value is 0.966. The van der Waals surface area contributed by atoms with Crippen LogP contribution in [0.5, 0.6) is 0 Å². The zero-order valence-electron chi connectivity index (χ0n) is 2.76. The maximum atomic E-state index is 8.95. The van der Waals surface area contributed by atoms with E-state index in [1.165, 1.54) is 0 Å². The van der Waals surface area contributed by atoms with Crippen LogP contribution in [0.4, 0.5) is 0 Å². The van der Waals surface area contributed by atoms with Crippen molar-refractivity contribution in [1.29, 1.82) is 0 Å². The molecule has 6 heteroatoms. The van der Waals surface area contributed by atoms with Crippen LogP contribution in [-0.4, -0.2) is 36.0 Å². The molecule has 34 valence electrons. The van der Waals surface area contributed by atoms with E-state index in [9.17, 15) is 0 Å². The van der Waals surface area contributed by atoms with E-state index < -0.39 is 9.33 Å². The van der Waals surface area contributed by atoms with Crippen molar-refractivity contribution >= 4 is 43.1 Å². The van der Waals surface area contributed by atoms with E-state index in [-0.39, 0.29) is 23.1 Å². The Bertz CT molecular complexity index is 94.0. The van der Waals surface area contributed by atoms with Gasteiger partial charge in [-0.25, -0.2) is 0 Å². The van der Waals surface area contributed by atoms with E-state index in [1.807, 2.05) is 0 Å². The van der Waals surface area contributed by atoms with Crippen LogP contribution in [0.15, 0.2) is 0 Å². The molecule has 0 fully saturated rings. The molecule has 0 aliphatic carbocycles. The third-order valence-corrected chi connectivity index (χ3v) is 0. The zero-order valence-corrected chi connectivity index (χ0v) is 5.74. The van der Waals surface area contributed by atoms with Crippen molar-refractivity contribution in [3.63, 3.8) is 0 Å². The van der Waals surface area contributed by atoms with Gasteiger partial charge in [0.25, 0.3) is 0 Å². The minimum Gasteiger partial charge on any atom is -0.273 e. The zero-order chi connectivity index (χ0) is 4.50. The van der Waals surface area contributed by atoms with Crippen LogP contribution in [0.3, 0.4) is 0 Å². The smallest absolute Gasteiger partial charge is 0.273 e. The summed E-state index contributed by atoms with van der Waals surface area (Å²) in [5, 5.41) is 0. The second-order valence-corrected chi connectivity index (χ2v) is 2.41. The van der Waals surface area contributed by atoms with E-state index in [0.29, 0.717) is 0 Å². The summed E-state index contributed by atoms with van der Waals surface area (Å²) in [5.41, 5.74) is 0. The van der Waals surface area contributed by atoms with Gasteiger partial charge < -0.3 is 0 Å². The van der Waals surface area contributed by atoms with E-state index in [2.05, 4.69) is 10.7 Å². The van der Waals surface area contributed by atoms with Gasteiger partial charge in [0.15, 0.2) is 0 Å². The van der Waals surface area contributed by atoms with Gasteiger partial charge in [0.2, 0.25) is 0 Å². The lowest BCUT2D eigenvalue weighted by molar-refractivity contribution is 0.501. The van der Waals surface area contributed by atoms with E-state index >= 15 is 0 Å². The molecule has 0 bridgehead atoms. The normalized spacial score (nSPS) is 9.67. The predicted molar refractivity (Wildman–Crippen MR) is 23.2 cm³/mol. The highest BCUT2D eigenvalue weighted by Crippen LogP contribution is 1.82. The molecule has 0 saturated heterocycles. The van der Waals surface area contributed by atoms with Gasteiger partial charge >= 0.3 is 9.33 Å². The summed E-state index contributed by atoms with van der Waals surface area (Å²) in [4.78, 5) is 0. The monoisotopic (exact) mass is 140 g/mol. The van der Waals surface area contributed by atoms with Crippen LogP contribution >= 0.6 is 10.7 Å². The number of halogens is 1. The maximum absolute atomic E-state index is 8.95. The van der Waals surface area contributed by atoms with Crippen molar-refractivity contribution in [3.05, 3.63) is 0 Å². The topological polar surface area (TPSA) is 54.4 Å². The van der Waals surface area contributed by atoms with Crippen molar-refractivity contribution < 1.29 is 13.0 Å². The predicted octanol–water partition coefficient (Wildman–Crippen LogP) is -0.353. The first-order valence-electron chi connectivity index (χ1n) is 0.670. The summed E-state index contributed by atoms with van der Waals surface area (Å²) < 4.78 is 25.2. The van der Waals surface area contributed by atoms with Crippen LogP contribution in [0.1, 0.15) is 0 Å². The summed E-state index contributed by atoms with van der Waals surface area (Å²) in [7, 11) is -0.137. The van der Waals surface area contributed by atoms with Crippen LogP contribution in [0, 0.1) is 0 Å². The third-order valence-electron chi connectivity index (χ3n) is 0. The minimum atomic E-state index is -4.19. The Labute approximate surface area is 56.1 Å². The second-order valence-electron chi connectivity index (χ2n) is 0.412.